The maximum atomic E-state index is 5.89. The van der Waals surface area contributed by atoms with Crippen LogP contribution < -0.4 is 10.5 Å². The fourth-order valence-corrected chi connectivity index (χ4v) is 2.60. The van der Waals surface area contributed by atoms with Crippen LogP contribution in [0.15, 0.2) is 30.6 Å². The fourth-order valence-electron chi connectivity index (χ4n) is 2.60. The Morgan fingerprint density at radius 1 is 1.35 bits per heavy atom. The van der Waals surface area contributed by atoms with Crippen LogP contribution in [0, 0.1) is 0 Å². The summed E-state index contributed by atoms with van der Waals surface area (Å²) in [5.41, 5.74) is 9.29. The molecule has 1 aromatic carbocycles. The quantitative estimate of drug-likeness (QED) is 0.918. The van der Waals surface area contributed by atoms with Gasteiger partial charge in [0, 0.05) is 25.2 Å². The summed E-state index contributed by atoms with van der Waals surface area (Å²) >= 11 is 0. The molecule has 0 unspecified atom stereocenters. The first-order valence-corrected chi connectivity index (χ1v) is 6.70. The summed E-state index contributed by atoms with van der Waals surface area (Å²) in [5.74, 6) is 1.52. The first kappa shape index (κ1) is 12.9. The minimum absolute atomic E-state index is 0.621. The fraction of sp³-hybridized carbons (Fsp3) is 0.333. The number of ether oxygens (including phenoxy) is 1. The van der Waals surface area contributed by atoms with E-state index >= 15 is 0 Å². The lowest BCUT2D eigenvalue weighted by atomic mass is 10.0. The van der Waals surface area contributed by atoms with Gasteiger partial charge in [-0.25, -0.2) is 9.97 Å². The number of nitrogens with zero attached hydrogens (tertiary/aromatic N) is 3. The van der Waals surface area contributed by atoms with E-state index in [9.17, 15) is 0 Å². The number of benzene rings is 1. The summed E-state index contributed by atoms with van der Waals surface area (Å²) in [5, 5.41) is 0. The lowest BCUT2D eigenvalue weighted by Gasteiger charge is -2.28. The summed E-state index contributed by atoms with van der Waals surface area (Å²) in [6.45, 7) is 2.68. The van der Waals surface area contributed by atoms with Crippen LogP contribution in [-0.2, 0) is 19.5 Å². The Labute approximate surface area is 118 Å². The van der Waals surface area contributed by atoms with Crippen molar-refractivity contribution in [1.82, 2.24) is 14.9 Å². The van der Waals surface area contributed by atoms with Crippen molar-refractivity contribution in [3.8, 4) is 5.75 Å². The topological polar surface area (TPSA) is 64.3 Å². The highest BCUT2D eigenvalue weighted by molar-refractivity contribution is 5.42. The highest BCUT2D eigenvalue weighted by atomic mass is 16.5. The third kappa shape index (κ3) is 2.58. The molecule has 0 fully saturated rings. The van der Waals surface area contributed by atoms with Gasteiger partial charge in [0.05, 0.1) is 12.8 Å². The largest absolute Gasteiger partial charge is 0.497 e. The SMILES string of the molecule is COc1cccc(CN2CCc3c(N)ncnc3C2)c1. The van der Waals surface area contributed by atoms with Crippen LogP contribution in [0.3, 0.4) is 0 Å². The number of nitrogens with two attached hydrogens (primary N) is 1. The minimum Gasteiger partial charge on any atom is -0.497 e. The molecule has 0 radical (unpaired) electrons. The van der Waals surface area contributed by atoms with Crippen LogP contribution in [0.25, 0.3) is 0 Å². The molecule has 1 aliphatic rings. The van der Waals surface area contributed by atoms with E-state index in [1.54, 1.807) is 13.4 Å². The number of hydrogen-bond acceptors (Lipinski definition) is 5. The van der Waals surface area contributed by atoms with Crippen molar-refractivity contribution in [2.75, 3.05) is 19.4 Å². The zero-order chi connectivity index (χ0) is 13.9. The molecule has 2 aromatic rings. The molecule has 1 aliphatic heterocycles. The van der Waals surface area contributed by atoms with Gasteiger partial charge < -0.3 is 10.5 Å². The maximum absolute atomic E-state index is 5.89. The van der Waals surface area contributed by atoms with Crippen molar-refractivity contribution < 1.29 is 4.74 Å². The van der Waals surface area contributed by atoms with Crippen molar-refractivity contribution in [1.29, 1.82) is 0 Å². The summed E-state index contributed by atoms with van der Waals surface area (Å²) < 4.78 is 5.26. The van der Waals surface area contributed by atoms with Gasteiger partial charge in [0.2, 0.25) is 0 Å². The maximum Gasteiger partial charge on any atom is 0.130 e. The number of nitrogen functional groups attached to an aromatic ring is 1. The van der Waals surface area contributed by atoms with Gasteiger partial charge in [-0.1, -0.05) is 12.1 Å². The van der Waals surface area contributed by atoms with Gasteiger partial charge >= 0.3 is 0 Å². The average molecular weight is 270 g/mol. The molecule has 0 saturated heterocycles. The minimum atomic E-state index is 0.621. The molecule has 20 heavy (non-hydrogen) atoms. The van der Waals surface area contributed by atoms with E-state index in [0.29, 0.717) is 5.82 Å². The molecule has 0 atom stereocenters. The Hall–Kier alpha value is -2.14. The number of fused-ring (bicyclic) bond motifs is 1. The lowest BCUT2D eigenvalue weighted by Crippen LogP contribution is -2.31. The van der Waals surface area contributed by atoms with Crippen LogP contribution in [0.5, 0.6) is 5.75 Å². The predicted molar refractivity (Wildman–Crippen MR) is 77.3 cm³/mol. The van der Waals surface area contributed by atoms with Gasteiger partial charge in [-0.15, -0.1) is 0 Å². The molecule has 1 aromatic heterocycles. The van der Waals surface area contributed by atoms with E-state index in [0.717, 1.165) is 43.1 Å². The van der Waals surface area contributed by atoms with Gasteiger partial charge in [-0.3, -0.25) is 4.90 Å². The molecule has 0 spiro atoms. The molecule has 5 heteroatoms. The molecule has 3 rings (SSSR count). The first-order valence-electron chi connectivity index (χ1n) is 6.70. The molecule has 2 heterocycles. The van der Waals surface area contributed by atoms with Gasteiger partial charge in [-0.05, 0) is 24.1 Å². The Bertz CT molecular complexity index is 615. The average Bonchev–Trinajstić information content (AvgIpc) is 2.47. The Morgan fingerprint density at radius 2 is 2.25 bits per heavy atom. The van der Waals surface area contributed by atoms with E-state index in [-0.39, 0.29) is 0 Å². The van der Waals surface area contributed by atoms with Crippen molar-refractivity contribution >= 4 is 5.82 Å². The van der Waals surface area contributed by atoms with Gasteiger partial charge in [0.1, 0.15) is 17.9 Å². The summed E-state index contributed by atoms with van der Waals surface area (Å²) in [7, 11) is 1.69. The van der Waals surface area contributed by atoms with Crippen molar-refractivity contribution in [3.05, 3.63) is 47.4 Å². The van der Waals surface area contributed by atoms with Gasteiger partial charge in [0.15, 0.2) is 0 Å². The van der Waals surface area contributed by atoms with Gasteiger partial charge in [0.25, 0.3) is 0 Å². The molecule has 0 saturated carbocycles. The van der Waals surface area contributed by atoms with Crippen molar-refractivity contribution in [2.45, 2.75) is 19.5 Å². The first-order chi connectivity index (χ1) is 9.76. The van der Waals surface area contributed by atoms with Gasteiger partial charge in [-0.2, -0.15) is 0 Å². The highest BCUT2D eigenvalue weighted by Gasteiger charge is 2.19. The number of anilines is 1. The number of hydrogen-bond donors (Lipinski definition) is 1. The molecule has 0 amide bonds. The second kappa shape index (κ2) is 5.46. The predicted octanol–water partition coefficient (Wildman–Crippen LogP) is 1.63. The normalized spacial score (nSPS) is 14.8. The Kier molecular flexibility index (Phi) is 3.52. The van der Waals surface area contributed by atoms with Crippen molar-refractivity contribution in [2.24, 2.45) is 0 Å². The zero-order valence-corrected chi connectivity index (χ0v) is 11.5. The second-order valence-electron chi connectivity index (χ2n) is 5.00. The summed E-state index contributed by atoms with van der Waals surface area (Å²) in [6.07, 6.45) is 2.45. The van der Waals surface area contributed by atoms with Crippen LogP contribution in [0.2, 0.25) is 0 Å². The van der Waals surface area contributed by atoms with Crippen LogP contribution in [0.1, 0.15) is 16.8 Å². The molecular weight excluding hydrogens is 252 g/mol. The molecular formula is C15H18N4O. The molecule has 0 bridgehead atoms. The van der Waals surface area contributed by atoms with Crippen LogP contribution in [-0.4, -0.2) is 28.5 Å². The second-order valence-corrected chi connectivity index (χ2v) is 5.00. The lowest BCUT2D eigenvalue weighted by molar-refractivity contribution is 0.241. The molecule has 5 nitrogen and oxygen atoms in total. The smallest absolute Gasteiger partial charge is 0.130 e. The van der Waals surface area contributed by atoms with Crippen LogP contribution >= 0.6 is 0 Å². The third-order valence-electron chi connectivity index (χ3n) is 3.66. The van der Waals surface area contributed by atoms with E-state index in [4.69, 9.17) is 10.5 Å². The third-order valence-corrected chi connectivity index (χ3v) is 3.66. The molecule has 2 N–H and O–H groups in total. The zero-order valence-electron chi connectivity index (χ0n) is 11.5. The van der Waals surface area contributed by atoms with E-state index in [1.165, 1.54) is 5.56 Å². The number of rotatable bonds is 3. The van der Waals surface area contributed by atoms with E-state index in [2.05, 4.69) is 27.0 Å². The number of aromatic nitrogens is 2. The van der Waals surface area contributed by atoms with E-state index in [1.807, 2.05) is 12.1 Å². The van der Waals surface area contributed by atoms with Crippen LogP contribution in [0.4, 0.5) is 5.82 Å². The molecule has 104 valence electrons. The van der Waals surface area contributed by atoms with E-state index < -0.39 is 0 Å². The molecule has 0 aliphatic carbocycles. The summed E-state index contributed by atoms with van der Waals surface area (Å²) in [4.78, 5) is 10.8. The Morgan fingerprint density at radius 3 is 3.10 bits per heavy atom. The standard InChI is InChI=1S/C15H18N4O/c1-20-12-4-2-3-11(7-12)8-19-6-5-13-14(9-19)17-10-18-15(13)16/h2-4,7,10H,5-6,8-9H2,1H3,(H2,16,17,18). The highest BCUT2D eigenvalue weighted by Crippen LogP contribution is 2.22. The van der Waals surface area contributed by atoms with Crippen molar-refractivity contribution in [3.63, 3.8) is 0 Å². The Balaban J connectivity index is 1.74. The number of methoxy groups -OCH3 is 1. The monoisotopic (exact) mass is 270 g/mol. The summed E-state index contributed by atoms with van der Waals surface area (Å²) in [6, 6.07) is 8.17.